The van der Waals surface area contributed by atoms with Crippen LogP contribution in [0.25, 0.3) is 0 Å². The van der Waals surface area contributed by atoms with Gasteiger partial charge in [0.15, 0.2) is 0 Å². The van der Waals surface area contributed by atoms with Gasteiger partial charge < -0.3 is 10.1 Å². The van der Waals surface area contributed by atoms with Gasteiger partial charge in [0.1, 0.15) is 11.9 Å². The maximum absolute atomic E-state index is 6.21. The fraction of sp³-hybridized carbons (Fsp3) is 0.294. The van der Waals surface area contributed by atoms with Gasteiger partial charge in [0.2, 0.25) is 0 Å². The Balaban J connectivity index is 1.96. The van der Waals surface area contributed by atoms with Crippen molar-refractivity contribution in [1.29, 1.82) is 0 Å². The molecule has 2 unspecified atom stereocenters. The SMILES string of the molecule is CNC1CC(c2ccc(Br)c(Cl)c2)Oc2ccc(C)cc21. The van der Waals surface area contributed by atoms with Gasteiger partial charge in [-0.25, -0.2) is 0 Å². The van der Waals surface area contributed by atoms with Gasteiger partial charge in [0, 0.05) is 22.5 Å². The molecule has 1 aliphatic rings. The van der Waals surface area contributed by atoms with Crippen LogP contribution in [0.3, 0.4) is 0 Å². The third kappa shape index (κ3) is 2.96. The van der Waals surface area contributed by atoms with E-state index in [0.717, 1.165) is 22.2 Å². The van der Waals surface area contributed by atoms with Gasteiger partial charge in [0.25, 0.3) is 0 Å². The number of halogens is 2. The minimum Gasteiger partial charge on any atom is -0.485 e. The zero-order valence-corrected chi connectivity index (χ0v) is 14.3. The van der Waals surface area contributed by atoms with E-state index in [9.17, 15) is 0 Å². The number of nitrogens with one attached hydrogen (secondary N) is 1. The van der Waals surface area contributed by atoms with Crippen LogP contribution in [0.2, 0.25) is 5.02 Å². The van der Waals surface area contributed by atoms with Crippen LogP contribution in [-0.4, -0.2) is 7.05 Å². The standard InChI is InChI=1S/C17H17BrClNO/c1-10-3-6-16-12(7-10)15(20-2)9-17(21-16)11-4-5-13(18)14(19)8-11/h3-8,15,17,20H,9H2,1-2H3. The normalized spacial score (nSPS) is 20.8. The van der Waals surface area contributed by atoms with E-state index in [1.807, 2.05) is 19.2 Å². The van der Waals surface area contributed by atoms with E-state index in [1.165, 1.54) is 11.1 Å². The first kappa shape index (κ1) is 14.9. The molecule has 2 aromatic carbocycles. The summed E-state index contributed by atoms with van der Waals surface area (Å²) in [6.07, 6.45) is 0.911. The average Bonchev–Trinajstić information content (AvgIpc) is 2.49. The smallest absolute Gasteiger partial charge is 0.126 e. The van der Waals surface area contributed by atoms with Gasteiger partial charge in [-0.2, -0.15) is 0 Å². The topological polar surface area (TPSA) is 21.3 Å². The van der Waals surface area contributed by atoms with Crippen molar-refractivity contribution in [3.8, 4) is 5.75 Å². The molecule has 0 aromatic heterocycles. The second kappa shape index (κ2) is 5.99. The van der Waals surface area contributed by atoms with Gasteiger partial charge in [-0.15, -0.1) is 0 Å². The summed E-state index contributed by atoms with van der Waals surface area (Å²) in [5.41, 5.74) is 3.59. The molecule has 4 heteroatoms. The Kier molecular flexibility index (Phi) is 4.25. The predicted molar refractivity (Wildman–Crippen MR) is 90.1 cm³/mol. The molecule has 1 heterocycles. The van der Waals surface area contributed by atoms with Gasteiger partial charge in [-0.05, 0) is 53.7 Å². The Morgan fingerprint density at radius 3 is 2.76 bits per heavy atom. The summed E-state index contributed by atoms with van der Waals surface area (Å²) in [5, 5.41) is 4.11. The molecule has 2 atom stereocenters. The third-order valence-electron chi connectivity index (χ3n) is 3.92. The molecule has 1 N–H and O–H groups in total. The van der Waals surface area contributed by atoms with Gasteiger partial charge in [-0.1, -0.05) is 35.4 Å². The Morgan fingerprint density at radius 1 is 1.24 bits per heavy atom. The molecule has 0 aliphatic carbocycles. The van der Waals surface area contributed by atoms with Gasteiger partial charge in [0.05, 0.1) is 5.02 Å². The Hall–Kier alpha value is -1.03. The molecule has 0 fully saturated rings. The minimum atomic E-state index is 0.0169. The first-order valence-corrected chi connectivity index (χ1v) is 8.15. The summed E-state index contributed by atoms with van der Waals surface area (Å²) < 4.78 is 7.09. The van der Waals surface area contributed by atoms with Crippen LogP contribution in [-0.2, 0) is 0 Å². The quantitative estimate of drug-likeness (QED) is 0.789. The fourth-order valence-electron chi connectivity index (χ4n) is 2.78. The number of benzene rings is 2. The van der Waals surface area contributed by atoms with Crippen molar-refractivity contribution >= 4 is 27.5 Å². The van der Waals surface area contributed by atoms with Crippen LogP contribution in [0.4, 0.5) is 0 Å². The molecule has 0 saturated heterocycles. The number of ether oxygens (including phenoxy) is 1. The lowest BCUT2D eigenvalue weighted by Crippen LogP contribution is -2.26. The Morgan fingerprint density at radius 2 is 2.05 bits per heavy atom. The summed E-state index contributed by atoms with van der Waals surface area (Å²) in [7, 11) is 1.99. The van der Waals surface area contributed by atoms with Crippen molar-refractivity contribution in [2.75, 3.05) is 7.05 Å². The molecule has 0 amide bonds. The second-order valence-corrected chi connectivity index (χ2v) is 6.66. The highest BCUT2D eigenvalue weighted by atomic mass is 79.9. The van der Waals surface area contributed by atoms with Crippen molar-refractivity contribution in [1.82, 2.24) is 5.32 Å². The van der Waals surface area contributed by atoms with E-state index in [4.69, 9.17) is 16.3 Å². The van der Waals surface area contributed by atoms with Crippen LogP contribution in [0.5, 0.6) is 5.75 Å². The van der Waals surface area contributed by atoms with Crippen LogP contribution < -0.4 is 10.1 Å². The molecule has 21 heavy (non-hydrogen) atoms. The largest absolute Gasteiger partial charge is 0.485 e. The maximum atomic E-state index is 6.21. The van der Waals surface area contributed by atoms with Crippen LogP contribution >= 0.6 is 27.5 Å². The molecule has 0 radical (unpaired) electrons. The molecule has 2 aromatic rings. The average molecular weight is 367 g/mol. The summed E-state index contributed by atoms with van der Waals surface area (Å²) in [6.45, 7) is 2.10. The maximum Gasteiger partial charge on any atom is 0.126 e. The van der Waals surface area contributed by atoms with E-state index in [0.29, 0.717) is 11.1 Å². The van der Waals surface area contributed by atoms with Crippen molar-refractivity contribution < 1.29 is 4.74 Å². The minimum absolute atomic E-state index is 0.0169. The summed E-state index contributed by atoms with van der Waals surface area (Å²) in [4.78, 5) is 0. The number of hydrogen-bond acceptors (Lipinski definition) is 2. The van der Waals surface area contributed by atoms with E-state index in [-0.39, 0.29) is 6.10 Å². The molecular formula is C17H17BrClNO. The third-order valence-corrected chi connectivity index (χ3v) is 5.16. The van der Waals surface area contributed by atoms with E-state index in [1.54, 1.807) is 0 Å². The van der Waals surface area contributed by atoms with E-state index >= 15 is 0 Å². The van der Waals surface area contributed by atoms with Crippen LogP contribution in [0.1, 0.15) is 35.3 Å². The zero-order chi connectivity index (χ0) is 15.0. The molecule has 110 valence electrons. The lowest BCUT2D eigenvalue weighted by molar-refractivity contribution is 0.154. The van der Waals surface area contributed by atoms with Gasteiger partial charge >= 0.3 is 0 Å². The van der Waals surface area contributed by atoms with Crippen LogP contribution in [0.15, 0.2) is 40.9 Å². The van der Waals surface area contributed by atoms with Crippen LogP contribution in [0, 0.1) is 6.92 Å². The van der Waals surface area contributed by atoms with Crippen molar-refractivity contribution in [2.45, 2.75) is 25.5 Å². The number of fused-ring (bicyclic) bond motifs is 1. The molecular weight excluding hydrogens is 350 g/mol. The highest BCUT2D eigenvalue weighted by Gasteiger charge is 2.28. The molecule has 0 bridgehead atoms. The molecule has 0 spiro atoms. The molecule has 0 saturated carbocycles. The first-order valence-electron chi connectivity index (χ1n) is 6.98. The number of aryl methyl sites for hydroxylation is 1. The summed E-state index contributed by atoms with van der Waals surface area (Å²) >= 11 is 9.63. The summed E-state index contributed by atoms with van der Waals surface area (Å²) in [6, 6.07) is 12.6. The molecule has 2 nitrogen and oxygen atoms in total. The zero-order valence-electron chi connectivity index (χ0n) is 12.0. The van der Waals surface area contributed by atoms with E-state index < -0.39 is 0 Å². The predicted octanol–water partition coefficient (Wildman–Crippen LogP) is 5.20. The molecule has 3 rings (SSSR count). The van der Waals surface area contributed by atoms with Crippen molar-refractivity contribution in [2.24, 2.45) is 0 Å². The fourth-order valence-corrected chi connectivity index (χ4v) is 3.22. The lowest BCUT2D eigenvalue weighted by atomic mass is 9.92. The second-order valence-electron chi connectivity index (χ2n) is 5.40. The highest BCUT2D eigenvalue weighted by molar-refractivity contribution is 9.10. The van der Waals surface area contributed by atoms with E-state index in [2.05, 4.69) is 52.4 Å². The lowest BCUT2D eigenvalue weighted by Gasteiger charge is -2.32. The Bertz CT molecular complexity index is 674. The van der Waals surface area contributed by atoms with Crippen molar-refractivity contribution in [3.63, 3.8) is 0 Å². The molecule has 1 aliphatic heterocycles. The first-order chi connectivity index (χ1) is 10.1. The number of hydrogen-bond donors (Lipinski definition) is 1. The summed E-state index contributed by atoms with van der Waals surface area (Å²) in [5.74, 6) is 0.954. The van der Waals surface area contributed by atoms with Gasteiger partial charge in [-0.3, -0.25) is 0 Å². The Labute approximate surface area is 138 Å². The van der Waals surface area contributed by atoms with Crippen molar-refractivity contribution in [3.05, 3.63) is 62.6 Å². The highest BCUT2D eigenvalue weighted by Crippen LogP contribution is 2.41. The number of rotatable bonds is 2. The monoisotopic (exact) mass is 365 g/mol.